The van der Waals surface area contributed by atoms with E-state index in [1.54, 1.807) is 0 Å². The Hall–Kier alpha value is -7.17. The normalized spacial score (nSPS) is 11.4. The van der Waals surface area contributed by atoms with E-state index in [0.717, 1.165) is 66.3 Å². The van der Waals surface area contributed by atoms with Crippen LogP contribution >= 0.6 is 0 Å². The highest BCUT2D eigenvalue weighted by Crippen LogP contribution is 2.44. The molecule has 8 aromatic carbocycles. The van der Waals surface area contributed by atoms with Gasteiger partial charge in [-0.1, -0.05) is 170 Å². The van der Waals surface area contributed by atoms with Crippen LogP contribution in [0.25, 0.3) is 100 Å². The van der Waals surface area contributed by atoms with Gasteiger partial charge in [0.25, 0.3) is 0 Å². The maximum atomic E-state index is 6.44. The first-order valence-corrected chi connectivity index (χ1v) is 17.8. The second-order valence-corrected chi connectivity index (χ2v) is 13.2. The van der Waals surface area contributed by atoms with Gasteiger partial charge in [-0.15, -0.1) is 0 Å². The monoisotopic (exact) mass is 677 g/mol. The summed E-state index contributed by atoms with van der Waals surface area (Å²) in [5.74, 6) is 1.81. The summed E-state index contributed by atoms with van der Waals surface area (Å²) in [6, 6.07) is 65.1. The van der Waals surface area contributed by atoms with E-state index in [0.29, 0.717) is 17.5 Å². The number of benzene rings is 8. The van der Waals surface area contributed by atoms with Gasteiger partial charge in [-0.3, -0.25) is 0 Å². The molecule has 0 spiro atoms. The SMILES string of the molecule is c1ccc(-c2ccc(-c3ccc(-c4nc(-c5ccccc5)nc(-c5c(-c6cccc7ccccc67)ccc6oc7ccccc7c56)n4)cc3)cc2)cc1. The number of furan rings is 1. The fourth-order valence-electron chi connectivity index (χ4n) is 7.36. The summed E-state index contributed by atoms with van der Waals surface area (Å²) in [4.78, 5) is 15.6. The maximum Gasteiger partial charge on any atom is 0.165 e. The van der Waals surface area contributed by atoms with Crippen LogP contribution in [0.1, 0.15) is 0 Å². The van der Waals surface area contributed by atoms with Gasteiger partial charge < -0.3 is 4.42 Å². The van der Waals surface area contributed by atoms with Crippen molar-refractivity contribution in [2.24, 2.45) is 0 Å². The summed E-state index contributed by atoms with van der Waals surface area (Å²) in [6.07, 6.45) is 0. The fraction of sp³-hybridized carbons (Fsp3) is 0. The van der Waals surface area contributed by atoms with Crippen LogP contribution in [0.15, 0.2) is 192 Å². The molecule has 0 aliphatic carbocycles. The molecule has 0 aliphatic heterocycles. The standard InChI is InChI=1S/C49H31N3O/c1-3-12-32(13-4-1)33-22-24-34(25-23-33)35-26-28-38(29-27-35)48-50-47(37-15-5-2-6-16-37)51-49(52-48)46-41(40-20-11-17-36-14-7-8-18-39(36)40)30-31-44-45(46)42-19-9-10-21-43(42)53-44/h1-31H. The molecule has 2 aromatic heterocycles. The third-order valence-electron chi connectivity index (χ3n) is 9.98. The number of para-hydroxylation sites is 1. The summed E-state index contributed by atoms with van der Waals surface area (Å²) in [6.45, 7) is 0. The van der Waals surface area contributed by atoms with Crippen LogP contribution < -0.4 is 0 Å². The number of aromatic nitrogens is 3. The molecule has 0 bridgehead atoms. The highest BCUT2D eigenvalue weighted by atomic mass is 16.3. The predicted molar refractivity (Wildman–Crippen MR) is 217 cm³/mol. The van der Waals surface area contributed by atoms with Crippen molar-refractivity contribution >= 4 is 32.7 Å². The molecule has 53 heavy (non-hydrogen) atoms. The molecule has 0 unspecified atom stereocenters. The van der Waals surface area contributed by atoms with E-state index in [2.05, 4.69) is 140 Å². The molecule has 0 atom stereocenters. The van der Waals surface area contributed by atoms with Crippen molar-refractivity contribution < 1.29 is 4.42 Å². The number of rotatable bonds is 6. The zero-order valence-electron chi connectivity index (χ0n) is 28.6. The molecule has 0 aliphatic rings. The summed E-state index contributed by atoms with van der Waals surface area (Å²) in [7, 11) is 0. The maximum absolute atomic E-state index is 6.44. The first-order chi connectivity index (χ1) is 26.3. The third-order valence-corrected chi connectivity index (χ3v) is 9.98. The van der Waals surface area contributed by atoms with Crippen LogP contribution in [0.4, 0.5) is 0 Å². The van der Waals surface area contributed by atoms with E-state index in [9.17, 15) is 0 Å². The van der Waals surface area contributed by atoms with E-state index in [1.807, 2.05) is 48.5 Å². The summed E-state index contributed by atoms with van der Waals surface area (Å²) in [5, 5.41) is 4.33. The molecule has 0 fully saturated rings. The highest BCUT2D eigenvalue weighted by Gasteiger charge is 2.22. The number of hydrogen-bond donors (Lipinski definition) is 0. The van der Waals surface area contributed by atoms with Crippen molar-refractivity contribution in [3.63, 3.8) is 0 Å². The Labute approximate surface area is 306 Å². The Bertz CT molecular complexity index is 2910. The van der Waals surface area contributed by atoms with Crippen molar-refractivity contribution in [2.75, 3.05) is 0 Å². The third kappa shape index (κ3) is 5.54. The molecule has 0 amide bonds. The molecule has 10 aromatic rings. The van der Waals surface area contributed by atoms with Gasteiger partial charge in [0.2, 0.25) is 0 Å². The highest BCUT2D eigenvalue weighted by molar-refractivity contribution is 6.16. The van der Waals surface area contributed by atoms with Gasteiger partial charge in [-0.2, -0.15) is 0 Å². The van der Waals surface area contributed by atoms with Crippen LogP contribution in [0, 0.1) is 0 Å². The van der Waals surface area contributed by atoms with Crippen LogP contribution in [-0.4, -0.2) is 15.0 Å². The Morgan fingerprint density at radius 1 is 0.302 bits per heavy atom. The van der Waals surface area contributed by atoms with E-state index in [4.69, 9.17) is 19.4 Å². The Morgan fingerprint density at radius 3 is 1.47 bits per heavy atom. The quantitative estimate of drug-likeness (QED) is 0.176. The van der Waals surface area contributed by atoms with Gasteiger partial charge in [-0.05, 0) is 62.4 Å². The van der Waals surface area contributed by atoms with E-state index < -0.39 is 0 Å². The lowest BCUT2D eigenvalue weighted by Crippen LogP contribution is -2.01. The number of hydrogen-bond acceptors (Lipinski definition) is 4. The average molecular weight is 678 g/mol. The molecule has 4 nitrogen and oxygen atoms in total. The van der Waals surface area contributed by atoms with Gasteiger partial charge in [0.1, 0.15) is 11.2 Å². The Kier molecular flexibility index (Phi) is 7.43. The predicted octanol–water partition coefficient (Wildman–Crippen LogP) is 12.9. The van der Waals surface area contributed by atoms with Crippen molar-refractivity contribution in [3.8, 4) is 67.5 Å². The summed E-state index contributed by atoms with van der Waals surface area (Å²) < 4.78 is 6.44. The topological polar surface area (TPSA) is 51.8 Å². The van der Waals surface area contributed by atoms with Crippen molar-refractivity contribution in [1.82, 2.24) is 15.0 Å². The fourth-order valence-corrected chi connectivity index (χ4v) is 7.36. The minimum atomic E-state index is 0.592. The molecule has 4 heteroatoms. The molecule has 0 saturated carbocycles. The second kappa shape index (κ2) is 12.9. The lowest BCUT2D eigenvalue weighted by atomic mass is 9.91. The van der Waals surface area contributed by atoms with Gasteiger partial charge in [-0.25, -0.2) is 15.0 Å². The molecule has 0 radical (unpaired) electrons. The number of fused-ring (bicyclic) bond motifs is 4. The Morgan fingerprint density at radius 2 is 0.792 bits per heavy atom. The summed E-state index contributed by atoms with van der Waals surface area (Å²) in [5.41, 5.74) is 11.2. The van der Waals surface area contributed by atoms with Crippen LogP contribution in [0.5, 0.6) is 0 Å². The van der Waals surface area contributed by atoms with Gasteiger partial charge in [0.05, 0.1) is 0 Å². The van der Waals surface area contributed by atoms with Crippen molar-refractivity contribution in [1.29, 1.82) is 0 Å². The largest absolute Gasteiger partial charge is 0.456 e. The molecular weight excluding hydrogens is 647 g/mol. The zero-order chi connectivity index (χ0) is 35.1. The molecule has 2 heterocycles. The van der Waals surface area contributed by atoms with Crippen molar-refractivity contribution in [2.45, 2.75) is 0 Å². The second-order valence-electron chi connectivity index (χ2n) is 13.2. The zero-order valence-corrected chi connectivity index (χ0v) is 28.6. The lowest BCUT2D eigenvalue weighted by molar-refractivity contribution is 0.669. The summed E-state index contributed by atoms with van der Waals surface area (Å²) >= 11 is 0. The molecule has 248 valence electrons. The minimum Gasteiger partial charge on any atom is -0.456 e. The number of nitrogens with zero attached hydrogens (tertiary/aromatic N) is 3. The van der Waals surface area contributed by atoms with E-state index >= 15 is 0 Å². The smallest absolute Gasteiger partial charge is 0.165 e. The molecule has 0 saturated heterocycles. The van der Waals surface area contributed by atoms with Gasteiger partial charge in [0.15, 0.2) is 17.5 Å². The first kappa shape index (κ1) is 30.6. The van der Waals surface area contributed by atoms with Crippen LogP contribution in [-0.2, 0) is 0 Å². The minimum absolute atomic E-state index is 0.592. The van der Waals surface area contributed by atoms with Gasteiger partial charge >= 0.3 is 0 Å². The van der Waals surface area contributed by atoms with Crippen molar-refractivity contribution in [3.05, 3.63) is 188 Å². The lowest BCUT2D eigenvalue weighted by Gasteiger charge is -2.15. The van der Waals surface area contributed by atoms with E-state index in [1.165, 1.54) is 16.5 Å². The molecule has 10 rings (SSSR count). The first-order valence-electron chi connectivity index (χ1n) is 17.8. The van der Waals surface area contributed by atoms with E-state index in [-0.39, 0.29) is 0 Å². The molecule has 0 N–H and O–H groups in total. The van der Waals surface area contributed by atoms with Gasteiger partial charge in [0, 0.05) is 27.5 Å². The Balaban J connectivity index is 1.16. The van der Waals surface area contributed by atoms with Crippen LogP contribution in [0.2, 0.25) is 0 Å². The van der Waals surface area contributed by atoms with Crippen LogP contribution in [0.3, 0.4) is 0 Å². The average Bonchev–Trinajstić information content (AvgIpc) is 3.63. The molecular formula is C49H31N3O.